The average molecular weight is 400 g/mol. The minimum absolute atomic E-state index is 0.365. The third-order valence-electron chi connectivity index (χ3n) is 4.86. The highest BCUT2D eigenvalue weighted by Crippen LogP contribution is 2.30. The van der Waals surface area contributed by atoms with E-state index in [4.69, 9.17) is 11.6 Å². The number of anilines is 1. The third kappa shape index (κ3) is 3.87. The summed E-state index contributed by atoms with van der Waals surface area (Å²) < 4.78 is 0. The van der Waals surface area contributed by atoms with Crippen LogP contribution in [-0.2, 0) is 15.1 Å². The van der Waals surface area contributed by atoms with E-state index in [2.05, 4.69) is 24.5 Å². The SMILES string of the molecule is CC(C)c1ccc(C2(C)NC(=O)N(CC(=O)Nc3ccc(Cl)cc3)C2=O)cc1. The maximum atomic E-state index is 12.9. The van der Waals surface area contributed by atoms with E-state index in [-0.39, 0.29) is 6.54 Å². The molecule has 1 heterocycles. The molecule has 0 radical (unpaired) electrons. The van der Waals surface area contributed by atoms with Crippen LogP contribution in [0.25, 0.3) is 0 Å². The second kappa shape index (κ2) is 7.64. The van der Waals surface area contributed by atoms with Crippen molar-refractivity contribution in [1.29, 1.82) is 0 Å². The number of hydrogen-bond donors (Lipinski definition) is 2. The molecule has 3 rings (SSSR count). The number of carbonyl (C=O) groups is 3. The summed E-state index contributed by atoms with van der Waals surface area (Å²) in [4.78, 5) is 38.5. The number of nitrogens with zero attached hydrogens (tertiary/aromatic N) is 1. The summed E-state index contributed by atoms with van der Waals surface area (Å²) in [6.07, 6.45) is 0. The summed E-state index contributed by atoms with van der Waals surface area (Å²) in [7, 11) is 0. The second-order valence-corrected chi connectivity index (χ2v) is 7.71. The molecule has 1 atom stereocenters. The van der Waals surface area contributed by atoms with E-state index in [1.807, 2.05) is 24.3 Å². The number of halogens is 1. The first-order chi connectivity index (χ1) is 13.2. The molecule has 7 heteroatoms. The highest BCUT2D eigenvalue weighted by Gasteiger charge is 2.49. The first-order valence-corrected chi connectivity index (χ1v) is 9.38. The molecule has 0 spiro atoms. The molecule has 1 fully saturated rings. The molecule has 1 aliphatic heterocycles. The number of rotatable bonds is 5. The minimum Gasteiger partial charge on any atom is -0.325 e. The molecule has 0 saturated carbocycles. The van der Waals surface area contributed by atoms with Gasteiger partial charge in [0.25, 0.3) is 5.91 Å². The van der Waals surface area contributed by atoms with Crippen molar-refractivity contribution < 1.29 is 14.4 Å². The highest BCUT2D eigenvalue weighted by molar-refractivity contribution is 6.30. The molecule has 146 valence electrons. The monoisotopic (exact) mass is 399 g/mol. The molecular weight excluding hydrogens is 378 g/mol. The Balaban J connectivity index is 1.73. The van der Waals surface area contributed by atoms with Crippen molar-refractivity contribution in [2.45, 2.75) is 32.2 Å². The van der Waals surface area contributed by atoms with Gasteiger partial charge in [-0.3, -0.25) is 14.5 Å². The number of amides is 4. The van der Waals surface area contributed by atoms with Gasteiger partial charge in [0.15, 0.2) is 0 Å². The number of imide groups is 1. The van der Waals surface area contributed by atoms with Crippen LogP contribution in [0, 0.1) is 0 Å². The summed E-state index contributed by atoms with van der Waals surface area (Å²) in [5.41, 5.74) is 1.15. The normalized spacial score (nSPS) is 19.1. The van der Waals surface area contributed by atoms with Gasteiger partial charge in [-0.25, -0.2) is 4.79 Å². The van der Waals surface area contributed by atoms with Crippen molar-refractivity contribution >= 4 is 35.1 Å². The van der Waals surface area contributed by atoms with E-state index in [0.29, 0.717) is 22.2 Å². The number of carbonyl (C=O) groups excluding carboxylic acids is 3. The lowest BCUT2D eigenvalue weighted by molar-refractivity contribution is -0.133. The number of urea groups is 1. The number of hydrogen-bond acceptors (Lipinski definition) is 3. The van der Waals surface area contributed by atoms with Crippen molar-refractivity contribution in [1.82, 2.24) is 10.2 Å². The topological polar surface area (TPSA) is 78.5 Å². The van der Waals surface area contributed by atoms with Gasteiger partial charge in [-0.05, 0) is 48.2 Å². The average Bonchev–Trinajstić information content (AvgIpc) is 2.88. The molecule has 28 heavy (non-hydrogen) atoms. The van der Waals surface area contributed by atoms with E-state index in [0.717, 1.165) is 10.5 Å². The maximum Gasteiger partial charge on any atom is 0.325 e. The molecule has 2 aromatic carbocycles. The molecule has 1 unspecified atom stereocenters. The molecule has 0 aromatic heterocycles. The van der Waals surface area contributed by atoms with Gasteiger partial charge in [-0.2, -0.15) is 0 Å². The van der Waals surface area contributed by atoms with Crippen molar-refractivity contribution in [3.05, 3.63) is 64.7 Å². The lowest BCUT2D eigenvalue weighted by atomic mass is 9.90. The van der Waals surface area contributed by atoms with Gasteiger partial charge in [0.2, 0.25) is 5.91 Å². The van der Waals surface area contributed by atoms with E-state index in [1.165, 1.54) is 0 Å². The third-order valence-corrected chi connectivity index (χ3v) is 5.11. The lowest BCUT2D eigenvalue weighted by Crippen LogP contribution is -2.42. The Morgan fingerprint density at radius 1 is 1.11 bits per heavy atom. The van der Waals surface area contributed by atoms with Crippen LogP contribution in [-0.4, -0.2) is 29.3 Å². The Morgan fingerprint density at radius 2 is 1.71 bits per heavy atom. The van der Waals surface area contributed by atoms with Crippen molar-refractivity contribution in [2.24, 2.45) is 0 Å². The van der Waals surface area contributed by atoms with E-state index in [9.17, 15) is 14.4 Å². The van der Waals surface area contributed by atoms with E-state index < -0.39 is 23.4 Å². The van der Waals surface area contributed by atoms with Gasteiger partial charge in [0.1, 0.15) is 12.1 Å². The molecule has 0 aliphatic carbocycles. The van der Waals surface area contributed by atoms with Gasteiger partial charge < -0.3 is 10.6 Å². The predicted molar refractivity (Wildman–Crippen MR) is 108 cm³/mol. The molecule has 1 saturated heterocycles. The van der Waals surface area contributed by atoms with Crippen LogP contribution in [0.2, 0.25) is 5.02 Å². The number of nitrogens with one attached hydrogen (secondary N) is 2. The Morgan fingerprint density at radius 3 is 2.29 bits per heavy atom. The van der Waals surface area contributed by atoms with Gasteiger partial charge in [0, 0.05) is 10.7 Å². The van der Waals surface area contributed by atoms with Crippen molar-refractivity contribution in [3.63, 3.8) is 0 Å². The number of benzene rings is 2. The Labute approximate surface area is 168 Å². The van der Waals surface area contributed by atoms with Crippen LogP contribution in [0.1, 0.15) is 37.8 Å². The summed E-state index contributed by atoms with van der Waals surface area (Å²) in [5, 5.41) is 5.91. The van der Waals surface area contributed by atoms with Crippen molar-refractivity contribution in [3.8, 4) is 0 Å². The fraction of sp³-hybridized carbons (Fsp3) is 0.286. The zero-order valence-corrected chi connectivity index (χ0v) is 16.7. The smallest absolute Gasteiger partial charge is 0.325 e. The largest absolute Gasteiger partial charge is 0.325 e. The molecule has 2 aromatic rings. The van der Waals surface area contributed by atoms with Gasteiger partial charge in [0.05, 0.1) is 0 Å². The Bertz CT molecular complexity index is 909. The molecule has 4 amide bonds. The molecular formula is C21H22ClN3O3. The summed E-state index contributed by atoms with van der Waals surface area (Å²) in [5.74, 6) is -0.560. The van der Waals surface area contributed by atoms with Crippen LogP contribution in [0.3, 0.4) is 0 Å². The Hall–Kier alpha value is -2.86. The fourth-order valence-corrected chi connectivity index (χ4v) is 3.24. The lowest BCUT2D eigenvalue weighted by Gasteiger charge is -2.22. The van der Waals surface area contributed by atoms with Gasteiger partial charge in [-0.1, -0.05) is 49.7 Å². The fourth-order valence-electron chi connectivity index (χ4n) is 3.11. The zero-order valence-electron chi connectivity index (χ0n) is 16.0. The highest BCUT2D eigenvalue weighted by atomic mass is 35.5. The van der Waals surface area contributed by atoms with Crippen LogP contribution in [0.5, 0.6) is 0 Å². The zero-order chi connectivity index (χ0) is 20.5. The van der Waals surface area contributed by atoms with Crippen LogP contribution in [0.15, 0.2) is 48.5 Å². The predicted octanol–water partition coefficient (Wildman–Crippen LogP) is 3.87. The van der Waals surface area contributed by atoms with Crippen molar-refractivity contribution in [2.75, 3.05) is 11.9 Å². The van der Waals surface area contributed by atoms with Crippen LogP contribution in [0.4, 0.5) is 10.5 Å². The quantitative estimate of drug-likeness (QED) is 0.749. The first kappa shape index (κ1) is 19.9. The van der Waals surface area contributed by atoms with E-state index in [1.54, 1.807) is 31.2 Å². The molecule has 1 aliphatic rings. The molecule has 6 nitrogen and oxygen atoms in total. The second-order valence-electron chi connectivity index (χ2n) is 7.28. The van der Waals surface area contributed by atoms with E-state index >= 15 is 0 Å². The molecule has 2 N–H and O–H groups in total. The minimum atomic E-state index is -1.20. The standard InChI is InChI=1S/C21H22ClN3O3/c1-13(2)14-4-6-15(7-5-14)21(3)19(27)25(20(28)24-21)12-18(26)23-17-10-8-16(22)9-11-17/h4-11,13H,12H2,1-3H3,(H,23,26)(H,24,28). The van der Waals surface area contributed by atoms with Crippen LogP contribution >= 0.6 is 11.6 Å². The first-order valence-electron chi connectivity index (χ1n) is 9.00. The summed E-state index contributed by atoms with van der Waals surface area (Å²) in [6.45, 7) is 5.45. The summed E-state index contributed by atoms with van der Waals surface area (Å²) in [6, 6.07) is 13.5. The summed E-state index contributed by atoms with van der Waals surface area (Å²) >= 11 is 5.82. The Kier molecular flexibility index (Phi) is 5.42. The maximum absolute atomic E-state index is 12.9. The van der Waals surface area contributed by atoms with Gasteiger partial charge in [-0.15, -0.1) is 0 Å². The van der Waals surface area contributed by atoms with Gasteiger partial charge >= 0.3 is 6.03 Å². The van der Waals surface area contributed by atoms with Crippen LogP contribution < -0.4 is 10.6 Å². The molecule has 0 bridgehead atoms.